The lowest BCUT2D eigenvalue weighted by atomic mass is 10.1. The van der Waals surface area contributed by atoms with Crippen molar-refractivity contribution in [2.24, 2.45) is 0 Å². The maximum atomic E-state index is 13.7. The number of thiophene rings is 1. The molecule has 1 unspecified atom stereocenters. The molecular formula is C13H13FN2O2S. The van der Waals surface area contributed by atoms with Gasteiger partial charge in [-0.2, -0.15) is 0 Å². The first-order chi connectivity index (χ1) is 9.11. The van der Waals surface area contributed by atoms with Crippen molar-refractivity contribution in [1.82, 2.24) is 0 Å². The maximum Gasteiger partial charge on any atom is 0.271 e. The van der Waals surface area contributed by atoms with E-state index >= 15 is 0 Å². The molecule has 0 amide bonds. The fraction of sp³-hybridized carbons (Fsp3) is 0.231. The summed E-state index contributed by atoms with van der Waals surface area (Å²) in [4.78, 5) is 11.3. The second-order valence-electron chi connectivity index (χ2n) is 4.04. The Morgan fingerprint density at radius 3 is 2.84 bits per heavy atom. The molecule has 100 valence electrons. The van der Waals surface area contributed by atoms with Crippen molar-refractivity contribution < 1.29 is 9.31 Å². The fourth-order valence-corrected chi connectivity index (χ4v) is 2.65. The first-order valence-corrected chi connectivity index (χ1v) is 6.73. The number of nitro benzene ring substituents is 1. The Hall–Kier alpha value is -1.95. The molecule has 0 fully saturated rings. The molecule has 4 nitrogen and oxygen atoms in total. The number of nitrogens with one attached hydrogen (secondary N) is 1. The van der Waals surface area contributed by atoms with Gasteiger partial charge in [0.25, 0.3) is 5.69 Å². The van der Waals surface area contributed by atoms with Crippen LogP contribution in [0.3, 0.4) is 0 Å². The first kappa shape index (κ1) is 13.5. The maximum absolute atomic E-state index is 13.7. The number of hydrogen-bond acceptors (Lipinski definition) is 4. The third-order valence-corrected chi connectivity index (χ3v) is 3.77. The molecular weight excluding hydrogens is 267 g/mol. The van der Waals surface area contributed by atoms with Crippen LogP contribution in [0.2, 0.25) is 0 Å². The lowest BCUT2D eigenvalue weighted by molar-refractivity contribution is -0.384. The standard InChI is InChI=1S/C13H13FN2O2S/c1-2-11(13-4-3-7-19-13)15-12-8-9(16(17)18)5-6-10(12)14/h3-8,11,15H,2H2,1H3. The third kappa shape index (κ3) is 3.08. The van der Waals surface area contributed by atoms with Gasteiger partial charge in [-0.05, 0) is 23.9 Å². The van der Waals surface area contributed by atoms with Crippen molar-refractivity contribution >= 4 is 22.7 Å². The number of benzene rings is 1. The van der Waals surface area contributed by atoms with E-state index < -0.39 is 10.7 Å². The molecule has 0 saturated heterocycles. The molecule has 2 rings (SSSR count). The second-order valence-corrected chi connectivity index (χ2v) is 5.02. The molecule has 6 heteroatoms. The highest BCUT2D eigenvalue weighted by Gasteiger charge is 2.15. The highest BCUT2D eigenvalue weighted by atomic mass is 32.1. The van der Waals surface area contributed by atoms with E-state index in [1.807, 2.05) is 24.4 Å². The minimum Gasteiger partial charge on any atom is -0.375 e. The quantitative estimate of drug-likeness (QED) is 0.654. The Bertz CT molecular complexity index is 572. The van der Waals surface area contributed by atoms with Gasteiger partial charge in [0, 0.05) is 17.0 Å². The molecule has 1 atom stereocenters. The zero-order valence-electron chi connectivity index (χ0n) is 10.3. The van der Waals surface area contributed by atoms with Gasteiger partial charge in [-0.15, -0.1) is 11.3 Å². The number of nitro groups is 1. The van der Waals surface area contributed by atoms with Crippen molar-refractivity contribution in [1.29, 1.82) is 0 Å². The summed E-state index contributed by atoms with van der Waals surface area (Å²) in [7, 11) is 0. The van der Waals surface area contributed by atoms with E-state index in [0.29, 0.717) is 0 Å². The zero-order chi connectivity index (χ0) is 13.8. The minimum atomic E-state index is -0.531. The van der Waals surface area contributed by atoms with E-state index in [4.69, 9.17) is 0 Å². The Labute approximate surface area is 114 Å². The summed E-state index contributed by atoms with van der Waals surface area (Å²) < 4.78 is 13.7. The van der Waals surface area contributed by atoms with Gasteiger partial charge >= 0.3 is 0 Å². The largest absolute Gasteiger partial charge is 0.375 e. The predicted octanol–water partition coefficient (Wildman–Crippen LogP) is 4.36. The molecule has 19 heavy (non-hydrogen) atoms. The number of nitrogens with zero attached hydrogens (tertiary/aromatic N) is 1. The van der Waals surface area contributed by atoms with Crippen LogP contribution < -0.4 is 5.32 Å². The number of halogens is 1. The molecule has 0 spiro atoms. The third-order valence-electron chi connectivity index (χ3n) is 2.79. The Balaban J connectivity index is 2.26. The summed E-state index contributed by atoms with van der Waals surface area (Å²) in [5.74, 6) is -0.486. The molecule has 0 aliphatic rings. The van der Waals surface area contributed by atoms with Crippen molar-refractivity contribution in [2.75, 3.05) is 5.32 Å². The molecule has 0 bridgehead atoms. The van der Waals surface area contributed by atoms with E-state index in [0.717, 1.165) is 23.4 Å². The highest BCUT2D eigenvalue weighted by molar-refractivity contribution is 7.10. The lowest BCUT2D eigenvalue weighted by Gasteiger charge is -2.17. The summed E-state index contributed by atoms with van der Waals surface area (Å²) in [5.41, 5.74) is 0.0411. The van der Waals surface area contributed by atoms with Crippen molar-refractivity contribution in [3.8, 4) is 0 Å². The van der Waals surface area contributed by atoms with Gasteiger partial charge in [0.15, 0.2) is 0 Å². The Kier molecular flexibility index (Phi) is 4.11. The van der Waals surface area contributed by atoms with Crippen LogP contribution in [0, 0.1) is 15.9 Å². The Morgan fingerprint density at radius 1 is 1.47 bits per heavy atom. The zero-order valence-corrected chi connectivity index (χ0v) is 11.1. The van der Waals surface area contributed by atoms with Crippen LogP contribution in [0.1, 0.15) is 24.3 Å². The van der Waals surface area contributed by atoms with Crippen LogP contribution in [-0.4, -0.2) is 4.92 Å². The molecule has 0 aliphatic carbocycles. The van der Waals surface area contributed by atoms with Crippen molar-refractivity contribution in [2.45, 2.75) is 19.4 Å². The van der Waals surface area contributed by atoms with E-state index in [1.165, 1.54) is 6.07 Å². The number of rotatable bonds is 5. The second kappa shape index (κ2) is 5.79. The van der Waals surface area contributed by atoms with Gasteiger partial charge in [0.2, 0.25) is 0 Å². The average Bonchev–Trinajstić information content (AvgIpc) is 2.91. The molecule has 1 aromatic heterocycles. The summed E-state index contributed by atoms with van der Waals surface area (Å²) in [6.07, 6.45) is 0.767. The number of hydrogen-bond donors (Lipinski definition) is 1. The van der Waals surface area contributed by atoms with Crippen LogP contribution in [-0.2, 0) is 0 Å². The van der Waals surface area contributed by atoms with Gasteiger partial charge in [-0.25, -0.2) is 4.39 Å². The van der Waals surface area contributed by atoms with Gasteiger partial charge in [0.1, 0.15) is 5.82 Å². The fourth-order valence-electron chi connectivity index (χ4n) is 1.79. The summed E-state index contributed by atoms with van der Waals surface area (Å²) in [6.45, 7) is 1.98. The van der Waals surface area contributed by atoms with E-state index in [-0.39, 0.29) is 17.4 Å². The lowest BCUT2D eigenvalue weighted by Crippen LogP contribution is -2.09. The molecule has 2 aromatic rings. The highest BCUT2D eigenvalue weighted by Crippen LogP contribution is 2.29. The van der Waals surface area contributed by atoms with Crippen LogP contribution >= 0.6 is 11.3 Å². The Morgan fingerprint density at radius 2 is 2.26 bits per heavy atom. The SMILES string of the molecule is CCC(Nc1cc([N+](=O)[O-])ccc1F)c1cccs1. The van der Waals surface area contributed by atoms with E-state index in [2.05, 4.69) is 5.32 Å². The minimum absolute atomic E-state index is 0.0449. The molecule has 1 heterocycles. The number of anilines is 1. The summed E-state index contributed by atoms with van der Waals surface area (Å²) >= 11 is 1.57. The number of non-ortho nitro benzene ring substituents is 1. The van der Waals surface area contributed by atoms with Gasteiger partial charge in [0.05, 0.1) is 16.7 Å². The van der Waals surface area contributed by atoms with Crippen molar-refractivity contribution in [3.63, 3.8) is 0 Å². The van der Waals surface area contributed by atoms with Gasteiger partial charge < -0.3 is 5.32 Å². The smallest absolute Gasteiger partial charge is 0.271 e. The van der Waals surface area contributed by atoms with Gasteiger partial charge in [-0.1, -0.05) is 13.0 Å². The topological polar surface area (TPSA) is 55.2 Å². The van der Waals surface area contributed by atoms with Crippen LogP contribution in [0.25, 0.3) is 0 Å². The molecule has 0 radical (unpaired) electrons. The summed E-state index contributed by atoms with van der Waals surface area (Å²) in [5, 5.41) is 15.7. The summed E-state index contributed by atoms with van der Waals surface area (Å²) in [6, 6.07) is 7.34. The molecule has 1 N–H and O–H groups in total. The van der Waals surface area contributed by atoms with E-state index in [9.17, 15) is 14.5 Å². The normalized spacial score (nSPS) is 12.1. The van der Waals surface area contributed by atoms with Crippen molar-refractivity contribution in [3.05, 3.63) is 56.5 Å². The van der Waals surface area contributed by atoms with Crippen LogP contribution in [0.5, 0.6) is 0 Å². The average molecular weight is 280 g/mol. The molecule has 0 saturated carbocycles. The van der Waals surface area contributed by atoms with Crippen LogP contribution in [0.15, 0.2) is 35.7 Å². The monoisotopic (exact) mass is 280 g/mol. The van der Waals surface area contributed by atoms with E-state index in [1.54, 1.807) is 11.3 Å². The van der Waals surface area contributed by atoms with Crippen LogP contribution in [0.4, 0.5) is 15.8 Å². The molecule has 0 aliphatic heterocycles. The van der Waals surface area contributed by atoms with Gasteiger partial charge in [-0.3, -0.25) is 10.1 Å². The predicted molar refractivity (Wildman–Crippen MR) is 74.0 cm³/mol. The molecule has 1 aromatic carbocycles. The first-order valence-electron chi connectivity index (χ1n) is 5.85.